The van der Waals surface area contributed by atoms with Crippen LogP contribution in [0, 0.1) is 10.1 Å². The monoisotopic (exact) mass is 311 g/mol. The largest absolute Gasteiger partial charge is 0.490 e. The van der Waals surface area contributed by atoms with Crippen LogP contribution in [0.5, 0.6) is 11.5 Å². The lowest BCUT2D eigenvalue weighted by molar-refractivity contribution is -0.385. The van der Waals surface area contributed by atoms with Gasteiger partial charge in [0.2, 0.25) is 5.75 Å². The topological polar surface area (TPSA) is 105 Å². The van der Waals surface area contributed by atoms with E-state index in [0.717, 1.165) is 0 Å². The maximum Gasteiger partial charge on any atom is 0.344 e. The van der Waals surface area contributed by atoms with Crippen LogP contribution in [-0.4, -0.2) is 36.5 Å². The number of ketones is 1. The molecule has 120 valence electrons. The molecule has 0 aliphatic heterocycles. The van der Waals surface area contributed by atoms with Gasteiger partial charge in [-0.05, 0) is 13.0 Å². The molecular weight excluding hydrogens is 294 g/mol. The predicted octanol–water partition coefficient (Wildman–Crippen LogP) is 1.89. The van der Waals surface area contributed by atoms with Gasteiger partial charge in [0.15, 0.2) is 18.5 Å². The molecular formula is C14H17NO7. The summed E-state index contributed by atoms with van der Waals surface area (Å²) in [6.45, 7) is 2.74. The summed E-state index contributed by atoms with van der Waals surface area (Å²) in [5, 5.41) is 10.8. The molecule has 0 radical (unpaired) electrons. The Hall–Kier alpha value is -2.64. The van der Waals surface area contributed by atoms with Gasteiger partial charge in [-0.2, -0.15) is 0 Å². The minimum absolute atomic E-state index is 0.0189. The van der Waals surface area contributed by atoms with E-state index < -0.39 is 23.6 Å². The zero-order chi connectivity index (χ0) is 16.7. The van der Waals surface area contributed by atoms with Crippen molar-refractivity contribution in [1.29, 1.82) is 0 Å². The van der Waals surface area contributed by atoms with Gasteiger partial charge in [-0.1, -0.05) is 6.92 Å². The van der Waals surface area contributed by atoms with Crippen LogP contribution in [0.4, 0.5) is 5.69 Å². The summed E-state index contributed by atoms with van der Waals surface area (Å²) in [5.74, 6) is -0.656. The van der Waals surface area contributed by atoms with Crippen molar-refractivity contribution in [2.45, 2.75) is 26.4 Å². The Morgan fingerprint density at radius 3 is 2.59 bits per heavy atom. The lowest BCUT2D eigenvalue weighted by Gasteiger charge is -2.12. The van der Waals surface area contributed by atoms with Crippen molar-refractivity contribution in [2.24, 2.45) is 0 Å². The number of hydrogen-bond acceptors (Lipinski definition) is 7. The van der Waals surface area contributed by atoms with Crippen LogP contribution in [0.1, 0.15) is 20.3 Å². The van der Waals surface area contributed by atoms with Crippen LogP contribution in [0.15, 0.2) is 18.2 Å². The highest BCUT2D eigenvalue weighted by Gasteiger charge is 2.18. The van der Waals surface area contributed by atoms with Gasteiger partial charge in [0.05, 0.1) is 12.0 Å². The number of Topliss-reactive ketones (excluding diaryl/α,β-unsaturated/α-hetero) is 1. The van der Waals surface area contributed by atoms with Crippen LogP contribution in [0.3, 0.4) is 0 Å². The number of ether oxygens (including phenoxy) is 3. The third kappa shape index (κ3) is 4.72. The highest BCUT2D eigenvalue weighted by Crippen LogP contribution is 2.30. The fourth-order valence-electron chi connectivity index (χ4n) is 1.63. The number of methoxy groups -OCH3 is 1. The van der Waals surface area contributed by atoms with E-state index in [2.05, 4.69) is 0 Å². The van der Waals surface area contributed by atoms with Crippen molar-refractivity contribution >= 4 is 17.4 Å². The average molecular weight is 311 g/mol. The number of benzene rings is 1. The zero-order valence-corrected chi connectivity index (χ0v) is 12.5. The van der Waals surface area contributed by atoms with E-state index in [4.69, 9.17) is 14.2 Å². The zero-order valence-electron chi connectivity index (χ0n) is 12.5. The molecule has 0 saturated carbocycles. The molecule has 0 bridgehead atoms. The molecule has 0 aliphatic carbocycles. The summed E-state index contributed by atoms with van der Waals surface area (Å²) in [6.07, 6.45) is -0.554. The SMILES string of the molecule is CCC(=O)C(C)OC(=O)COc1ccc([N+](=O)[O-])c(OC)c1. The lowest BCUT2D eigenvalue weighted by atomic mass is 10.2. The summed E-state index contributed by atoms with van der Waals surface area (Å²) in [7, 11) is 1.29. The van der Waals surface area contributed by atoms with Crippen LogP contribution in [-0.2, 0) is 14.3 Å². The van der Waals surface area contributed by atoms with Crippen molar-refractivity contribution in [3.05, 3.63) is 28.3 Å². The third-order valence-electron chi connectivity index (χ3n) is 2.81. The first-order chi connectivity index (χ1) is 10.4. The van der Waals surface area contributed by atoms with Crippen molar-refractivity contribution in [2.75, 3.05) is 13.7 Å². The number of nitrogens with zero attached hydrogens (tertiary/aromatic N) is 1. The Balaban J connectivity index is 2.63. The van der Waals surface area contributed by atoms with E-state index >= 15 is 0 Å². The normalized spacial score (nSPS) is 11.4. The van der Waals surface area contributed by atoms with Crippen molar-refractivity contribution < 1.29 is 28.7 Å². The number of nitro groups is 1. The first kappa shape index (κ1) is 17.4. The number of esters is 1. The molecule has 1 rings (SSSR count). The second kappa shape index (κ2) is 7.96. The van der Waals surface area contributed by atoms with E-state index in [1.54, 1.807) is 6.92 Å². The fraction of sp³-hybridized carbons (Fsp3) is 0.429. The molecule has 1 atom stereocenters. The number of rotatable bonds is 8. The summed E-state index contributed by atoms with van der Waals surface area (Å²) in [6, 6.07) is 3.85. The summed E-state index contributed by atoms with van der Waals surface area (Å²) in [5.41, 5.74) is -0.209. The van der Waals surface area contributed by atoms with E-state index in [1.807, 2.05) is 0 Å². The molecule has 8 heteroatoms. The summed E-state index contributed by atoms with van der Waals surface area (Å²) < 4.78 is 14.9. The molecule has 0 aromatic heterocycles. The molecule has 1 aromatic rings. The predicted molar refractivity (Wildman–Crippen MR) is 76.0 cm³/mol. The summed E-state index contributed by atoms with van der Waals surface area (Å²) in [4.78, 5) is 33.0. The van der Waals surface area contributed by atoms with E-state index in [-0.39, 0.29) is 29.4 Å². The summed E-state index contributed by atoms with van der Waals surface area (Å²) >= 11 is 0. The molecule has 0 heterocycles. The van der Waals surface area contributed by atoms with Gasteiger partial charge in [-0.3, -0.25) is 14.9 Å². The smallest absolute Gasteiger partial charge is 0.344 e. The molecule has 0 saturated heterocycles. The van der Waals surface area contributed by atoms with Crippen molar-refractivity contribution in [3.63, 3.8) is 0 Å². The van der Waals surface area contributed by atoms with Crippen LogP contribution in [0.2, 0.25) is 0 Å². The highest BCUT2D eigenvalue weighted by molar-refractivity contribution is 5.85. The first-order valence-electron chi connectivity index (χ1n) is 6.56. The number of nitro benzene ring substituents is 1. The van der Waals surface area contributed by atoms with Gasteiger partial charge in [-0.25, -0.2) is 4.79 Å². The molecule has 22 heavy (non-hydrogen) atoms. The Bertz CT molecular complexity index is 570. The molecule has 1 unspecified atom stereocenters. The third-order valence-corrected chi connectivity index (χ3v) is 2.81. The Kier molecular flexibility index (Phi) is 6.30. The van der Waals surface area contributed by atoms with Crippen LogP contribution < -0.4 is 9.47 Å². The molecule has 0 amide bonds. The first-order valence-corrected chi connectivity index (χ1v) is 6.56. The minimum atomic E-state index is -0.826. The van der Waals surface area contributed by atoms with Crippen molar-refractivity contribution in [1.82, 2.24) is 0 Å². The molecule has 0 aliphatic rings. The average Bonchev–Trinajstić information content (AvgIpc) is 2.51. The molecule has 0 N–H and O–H groups in total. The van der Waals surface area contributed by atoms with Crippen LogP contribution >= 0.6 is 0 Å². The van der Waals surface area contributed by atoms with Crippen LogP contribution in [0.25, 0.3) is 0 Å². The van der Waals surface area contributed by atoms with E-state index in [9.17, 15) is 19.7 Å². The Morgan fingerprint density at radius 1 is 1.36 bits per heavy atom. The standard InChI is InChI=1S/C14H17NO7/c1-4-12(16)9(2)22-14(17)8-21-10-5-6-11(15(18)19)13(7-10)20-3/h5-7,9H,4,8H2,1-3H3. The molecule has 1 aromatic carbocycles. The van der Waals surface area contributed by atoms with E-state index in [0.29, 0.717) is 0 Å². The van der Waals surface area contributed by atoms with Gasteiger partial charge in [0.25, 0.3) is 0 Å². The second-order valence-corrected chi connectivity index (χ2v) is 4.33. The highest BCUT2D eigenvalue weighted by atomic mass is 16.6. The number of carbonyl (C=O) groups is 2. The molecule has 8 nitrogen and oxygen atoms in total. The van der Waals surface area contributed by atoms with E-state index in [1.165, 1.54) is 32.2 Å². The molecule has 0 fully saturated rings. The van der Waals surface area contributed by atoms with Gasteiger partial charge >= 0.3 is 11.7 Å². The Morgan fingerprint density at radius 2 is 2.05 bits per heavy atom. The number of hydrogen-bond donors (Lipinski definition) is 0. The molecule has 0 spiro atoms. The van der Waals surface area contributed by atoms with Gasteiger partial charge in [0, 0.05) is 18.6 Å². The lowest BCUT2D eigenvalue weighted by Crippen LogP contribution is -2.26. The van der Waals surface area contributed by atoms with Gasteiger partial charge in [-0.15, -0.1) is 0 Å². The van der Waals surface area contributed by atoms with Crippen molar-refractivity contribution in [3.8, 4) is 11.5 Å². The van der Waals surface area contributed by atoms with Gasteiger partial charge < -0.3 is 14.2 Å². The maximum atomic E-state index is 11.5. The minimum Gasteiger partial charge on any atom is -0.490 e. The van der Waals surface area contributed by atoms with Gasteiger partial charge in [0.1, 0.15) is 5.75 Å². The maximum absolute atomic E-state index is 11.5. The second-order valence-electron chi connectivity index (χ2n) is 4.33. The Labute approximate surface area is 127 Å². The quantitative estimate of drug-likeness (QED) is 0.410. The number of carbonyl (C=O) groups excluding carboxylic acids is 2. The fourth-order valence-corrected chi connectivity index (χ4v) is 1.63.